The first kappa shape index (κ1) is 14.6. The Balaban J connectivity index is 2.34. The molecule has 0 aliphatic carbocycles. The summed E-state index contributed by atoms with van der Waals surface area (Å²) in [7, 11) is 3.57. The van der Waals surface area contributed by atoms with Crippen molar-refractivity contribution in [2.24, 2.45) is 5.84 Å². The van der Waals surface area contributed by atoms with Gasteiger partial charge in [-0.3, -0.25) is 5.43 Å². The second kappa shape index (κ2) is 6.08. The Morgan fingerprint density at radius 3 is 2.30 bits per heavy atom. The molecular formula is C11H12Cl2N6O. The van der Waals surface area contributed by atoms with E-state index in [9.17, 15) is 0 Å². The number of hydrazine groups is 1. The van der Waals surface area contributed by atoms with Crippen molar-refractivity contribution < 1.29 is 4.74 Å². The lowest BCUT2D eigenvalue weighted by molar-refractivity contribution is 0.440. The van der Waals surface area contributed by atoms with Crippen LogP contribution in [0.5, 0.6) is 11.8 Å². The average molecular weight is 315 g/mol. The fourth-order valence-electron chi connectivity index (χ4n) is 1.35. The Kier molecular flexibility index (Phi) is 4.43. The molecule has 0 fully saturated rings. The van der Waals surface area contributed by atoms with Crippen LogP contribution < -0.4 is 20.9 Å². The number of ether oxygens (including phenoxy) is 1. The van der Waals surface area contributed by atoms with Crippen molar-refractivity contribution in [3.05, 3.63) is 28.2 Å². The Labute approximate surface area is 125 Å². The summed E-state index contributed by atoms with van der Waals surface area (Å²) in [5.74, 6) is 6.31. The number of aromatic nitrogens is 3. The summed E-state index contributed by atoms with van der Waals surface area (Å²) in [5, 5.41) is 0.901. The van der Waals surface area contributed by atoms with Crippen molar-refractivity contribution in [3.63, 3.8) is 0 Å². The Hall–Kier alpha value is -1.83. The number of rotatable bonds is 4. The van der Waals surface area contributed by atoms with Gasteiger partial charge < -0.3 is 9.64 Å². The standard InChI is InChI=1S/C11H12Cl2N6O/c1-19(2)10-15-9(18-14)16-11(17-10)20-8-4-6(12)3-7(13)5-8/h3-5H,14H2,1-2H3,(H,15,16,17,18). The molecule has 0 aliphatic heterocycles. The molecule has 0 saturated carbocycles. The smallest absolute Gasteiger partial charge is 0.328 e. The zero-order valence-corrected chi connectivity index (χ0v) is 12.3. The third kappa shape index (κ3) is 3.60. The topological polar surface area (TPSA) is 89.2 Å². The highest BCUT2D eigenvalue weighted by atomic mass is 35.5. The van der Waals surface area contributed by atoms with Crippen LogP contribution in [0.3, 0.4) is 0 Å². The molecule has 0 bridgehead atoms. The van der Waals surface area contributed by atoms with E-state index < -0.39 is 0 Å². The minimum absolute atomic E-state index is 0.0787. The van der Waals surface area contributed by atoms with E-state index in [4.69, 9.17) is 33.8 Å². The lowest BCUT2D eigenvalue weighted by atomic mass is 10.3. The molecule has 1 aromatic carbocycles. The maximum absolute atomic E-state index is 5.90. The largest absolute Gasteiger partial charge is 0.424 e. The second-order valence-electron chi connectivity index (χ2n) is 3.99. The first-order chi connectivity index (χ1) is 9.47. The van der Waals surface area contributed by atoms with Crippen LogP contribution in [-0.4, -0.2) is 29.0 Å². The average Bonchev–Trinajstić information content (AvgIpc) is 2.36. The molecule has 0 aliphatic rings. The van der Waals surface area contributed by atoms with Gasteiger partial charge in [-0.25, -0.2) is 5.84 Å². The molecule has 0 atom stereocenters. The second-order valence-corrected chi connectivity index (χ2v) is 4.86. The predicted octanol–water partition coefficient (Wildman–Crippen LogP) is 2.32. The number of hydrogen-bond acceptors (Lipinski definition) is 7. The van der Waals surface area contributed by atoms with E-state index in [1.807, 2.05) is 0 Å². The molecule has 0 amide bonds. The van der Waals surface area contributed by atoms with Crippen molar-refractivity contribution in [2.75, 3.05) is 24.4 Å². The van der Waals surface area contributed by atoms with E-state index in [1.54, 1.807) is 37.2 Å². The van der Waals surface area contributed by atoms with Gasteiger partial charge in [-0.1, -0.05) is 23.2 Å². The molecule has 9 heteroatoms. The first-order valence-electron chi connectivity index (χ1n) is 5.52. The summed E-state index contributed by atoms with van der Waals surface area (Å²) in [6, 6.07) is 4.88. The minimum atomic E-state index is 0.0787. The number of nitrogens with two attached hydrogens (primary N) is 1. The van der Waals surface area contributed by atoms with E-state index in [0.29, 0.717) is 21.7 Å². The molecule has 106 valence electrons. The van der Waals surface area contributed by atoms with Crippen LogP contribution in [0.15, 0.2) is 18.2 Å². The van der Waals surface area contributed by atoms with Crippen LogP contribution in [0, 0.1) is 0 Å². The van der Waals surface area contributed by atoms with Gasteiger partial charge in [-0.15, -0.1) is 0 Å². The van der Waals surface area contributed by atoms with E-state index in [1.165, 1.54) is 0 Å². The maximum Gasteiger partial charge on any atom is 0.328 e. The minimum Gasteiger partial charge on any atom is -0.424 e. The van der Waals surface area contributed by atoms with Crippen LogP contribution in [0.4, 0.5) is 11.9 Å². The van der Waals surface area contributed by atoms with Crippen molar-refractivity contribution in [1.29, 1.82) is 0 Å². The van der Waals surface area contributed by atoms with Crippen molar-refractivity contribution in [2.45, 2.75) is 0 Å². The fourth-order valence-corrected chi connectivity index (χ4v) is 1.85. The number of nitrogens with one attached hydrogen (secondary N) is 1. The van der Waals surface area contributed by atoms with Gasteiger partial charge in [0.25, 0.3) is 0 Å². The lowest BCUT2D eigenvalue weighted by Gasteiger charge is -2.12. The lowest BCUT2D eigenvalue weighted by Crippen LogP contribution is -2.17. The number of anilines is 2. The third-order valence-electron chi connectivity index (χ3n) is 2.18. The molecule has 7 nitrogen and oxygen atoms in total. The summed E-state index contributed by atoms with van der Waals surface area (Å²) < 4.78 is 5.52. The summed E-state index contributed by atoms with van der Waals surface area (Å²) in [4.78, 5) is 13.9. The Bertz CT molecular complexity index is 602. The fraction of sp³-hybridized carbons (Fsp3) is 0.182. The van der Waals surface area contributed by atoms with Crippen LogP contribution in [0.1, 0.15) is 0 Å². The Morgan fingerprint density at radius 1 is 1.10 bits per heavy atom. The SMILES string of the molecule is CN(C)c1nc(NN)nc(Oc2cc(Cl)cc(Cl)c2)n1. The van der Waals surface area contributed by atoms with Crippen LogP contribution in [0.25, 0.3) is 0 Å². The highest BCUT2D eigenvalue weighted by molar-refractivity contribution is 6.34. The van der Waals surface area contributed by atoms with Crippen molar-refractivity contribution in [1.82, 2.24) is 15.0 Å². The highest BCUT2D eigenvalue weighted by Crippen LogP contribution is 2.27. The monoisotopic (exact) mass is 314 g/mol. The number of halogens is 2. The van der Waals surface area contributed by atoms with Crippen molar-refractivity contribution >= 4 is 35.1 Å². The molecule has 2 rings (SSSR count). The molecule has 1 aromatic heterocycles. The maximum atomic E-state index is 5.90. The molecule has 20 heavy (non-hydrogen) atoms. The summed E-state index contributed by atoms with van der Waals surface area (Å²) in [6.07, 6.45) is 0. The Morgan fingerprint density at radius 2 is 1.75 bits per heavy atom. The molecule has 3 N–H and O–H groups in total. The molecular weight excluding hydrogens is 303 g/mol. The van der Waals surface area contributed by atoms with Crippen LogP contribution >= 0.6 is 23.2 Å². The molecule has 0 saturated heterocycles. The molecule has 0 spiro atoms. The zero-order chi connectivity index (χ0) is 14.7. The van der Waals surface area contributed by atoms with E-state index in [-0.39, 0.29) is 12.0 Å². The number of nitrogens with zero attached hydrogens (tertiary/aromatic N) is 4. The van der Waals surface area contributed by atoms with Gasteiger partial charge in [0.2, 0.25) is 11.9 Å². The van der Waals surface area contributed by atoms with Gasteiger partial charge in [-0.05, 0) is 18.2 Å². The zero-order valence-electron chi connectivity index (χ0n) is 10.8. The van der Waals surface area contributed by atoms with E-state index >= 15 is 0 Å². The highest BCUT2D eigenvalue weighted by Gasteiger charge is 2.10. The van der Waals surface area contributed by atoms with Crippen LogP contribution in [0.2, 0.25) is 10.0 Å². The van der Waals surface area contributed by atoms with Gasteiger partial charge in [0.15, 0.2) is 0 Å². The van der Waals surface area contributed by atoms with E-state index in [0.717, 1.165) is 0 Å². The van der Waals surface area contributed by atoms with Gasteiger partial charge >= 0.3 is 6.01 Å². The quantitative estimate of drug-likeness (QED) is 0.661. The van der Waals surface area contributed by atoms with Crippen LogP contribution in [-0.2, 0) is 0 Å². The van der Waals surface area contributed by atoms with Gasteiger partial charge in [0.05, 0.1) is 0 Å². The molecule has 0 radical (unpaired) electrons. The van der Waals surface area contributed by atoms with Gasteiger partial charge in [-0.2, -0.15) is 15.0 Å². The normalized spacial score (nSPS) is 10.2. The number of benzene rings is 1. The number of nitrogen functional groups attached to an aromatic ring is 1. The first-order valence-corrected chi connectivity index (χ1v) is 6.27. The van der Waals surface area contributed by atoms with Crippen molar-refractivity contribution in [3.8, 4) is 11.8 Å². The summed E-state index contributed by atoms with van der Waals surface area (Å²) in [5.41, 5.74) is 2.35. The summed E-state index contributed by atoms with van der Waals surface area (Å²) in [6.45, 7) is 0. The predicted molar refractivity (Wildman–Crippen MR) is 78.5 cm³/mol. The summed E-state index contributed by atoms with van der Waals surface area (Å²) >= 11 is 11.8. The molecule has 2 aromatic rings. The van der Waals surface area contributed by atoms with Gasteiger partial charge in [0.1, 0.15) is 5.75 Å². The third-order valence-corrected chi connectivity index (χ3v) is 2.61. The number of hydrogen-bond donors (Lipinski definition) is 2. The van der Waals surface area contributed by atoms with E-state index in [2.05, 4.69) is 20.4 Å². The van der Waals surface area contributed by atoms with Gasteiger partial charge in [0, 0.05) is 24.1 Å². The molecule has 0 unspecified atom stereocenters. The molecule has 1 heterocycles.